The average Bonchev–Trinajstić information content (AvgIpc) is 3.04. The topological polar surface area (TPSA) is 49.9 Å². The largest absolute Gasteiger partial charge is 0.494 e. The Balaban J connectivity index is 1.78. The third-order valence-corrected chi connectivity index (χ3v) is 5.96. The molecule has 162 valence electrons. The van der Waals surface area contributed by atoms with Gasteiger partial charge in [0.05, 0.1) is 12.2 Å². The van der Waals surface area contributed by atoms with Crippen molar-refractivity contribution in [2.24, 2.45) is 0 Å². The molecule has 0 bridgehead atoms. The van der Waals surface area contributed by atoms with Crippen LogP contribution in [0.2, 0.25) is 0 Å². The average molecular weight is 419 g/mol. The predicted molar refractivity (Wildman–Crippen MR) is 123 cm³/mol. The number of carbonyl (C=O) groups is 2. The van der Waals surface area contributed by atoms with Crippen LogP contribution in [0.15, 0.2) is 54.2 Å². The highest BCUT2D eigenvalue weighted by molar-refractivity contribution is 6.36. The number of hydrogen-bond acceptors (Lipinski definition) is 4. The second-order valence-corrected chi connectivity index (χ2v) is 8.03. The Hall–Kier alpha value is -3.08. The minimum atomic E-state index is -0.191. The number of nitrogens with zero attached hydrogens (tertiary/aromatic N) is 2. The summed E-state index contributed by atoms with van der Waals surface area (Å²) in [5.41, 5.74) is 4.03. The van der Waals surface area contributed by atoms with Crippen LogP contribution in [0.25, 0.3) is 5.57 Å². The maximum atomic E-state index is 13.6. The molecule has 0 N–H and O–H groups in total. The van der Waals surface area contributed by atoms with E-state index in [9.17, 15) is 9.59 Å². The zero-order valence-corrected chi connectivity index (χ0v) is 18.4. The smallest absolute Gasteiger partial charge is 0.278 e. The van der Waals surface area contributed by atoms with Crippen molar-refractivity contribution in [1.82, 2.24) is 4.90 Å². The van der Waals surface area contributed by atoms with E-state index in [4.69, 9.17) is 4.74 Å². The van der Waals surface area contributed by atoms with E-state index >= 15 is 0 Å². The Labute approximate surface area is 184 Å². The van der Waals surface area contributed by atoms with Crippen LogP contribution in [0.5, 0.6) is 5.75 Å². The van der Waals surface area contributed by atoms with Crippen molar-refractivity contribution in [2.45, 2.75) is 46.0 Å². The fourth-order valence-electron chi connectivity index (χ4n) is 4.45. The lowest BCUT2D eigenvalue weighted by atomic mass is 9.98. The molecular weight excluding hydrogens is 388 g/mol. The van der Waals surface area contributed by atoms with Gasteiger partial charge in [0.2, 0.25) is 0 Å². The molecular formula is C26H30N2O3. The number of fused-ring (bicyclic) bond motifs is 1. The van der Waals surface area contributed by atoms with Gasteiger partial charge in [0.15, 0.2) is 0 Å². The normalized spacial score (nSPS) is 16.2. The van der Waals surface area contributed by atoms with E-state index in [2.05, 4.69) is 24.0 Å². The Kier molecular flexibility index (Phi) is 6.40. The zero-order chi connectivity index (χ0) is 21.8. The number of imide groups is 1. The molecule has 0 saturated carbocycles. The molecule has 31 heavy (non-hydrogen) atoms. The van der Waals surface area contributed by atoms with Crippen LogP contribution in [0.4, 0.5) is 5.69 Å². The molecule has 0 saturated heterocycles. The summed E-state index contributed by atoms with van der Waals surface area (Å²) >= 11 is 0. The van der Waals surface area contributed by atoms with Gasteiger partial charge < -0.3 is 9.64 Å². The lowest BCUT2D eigenvalue weighted by Crippen LogP contribution is -2.37. The molecule has 2 aromatic carbocycles. The van der Waals surface area contributed by atoms with Crippen LogP contribution < -0.4 is 9.64 Å². The third-order valence-electron chi connectivity index (χ3n) is 5.96. The minimum absolute atomic E-state index is 0.179. The molecule has 0 radical (unpaired) electrons. The van der Waals surface area contributed by atoms with Crippen molar-refractivity contribution < 1.29 is 14.3 Å². The van der Waals surface area contributed by atoms with Gasteiger partial charge in [-0.3, -0.25) is 14.5 Å². The van der Waals surface area contributed by atoms with Crippen molar-refractivity contribution in [3.8, 4) is 5.75 Å². The van der Waals surface area contributed by atoms with Crippen LogP contribution in [-0.4, -0.2) is 36.4 Å². The number of rotatable bonds is 8. The summed E-state index contributed by atoms with van der Waals surface area (Å²) in [6, 6.07) is 15.7. The number of carbonyl (C=O) groups excluding carboxylic acids is 2. The summed E-state index contributed by atoms with van der Waals surface area (Å²) < 4.78 is 5.56. The number of amides is 2. The van der Waals surface area contributed by atoms with Gasteiger partial charge in [0.25, 0.3) is 11.8 Å². The van der Waals surface area contributed by atoms with Crippen LogP contribution in [0.1, 0.15) is 50.7 Å². The van der Waals surface area contributed by atoms with E-state index in [1.54, 1.807) is 0 Å². The molecule has 0 aliphatic carbocycles. The zero-order valence-electron chi connectivity index (χ0n) is 18.4. The number of ether oxygens (including phenoxy) is 1. The highest BCUT2D eigenvalue weighted by atomic mass is 16.5. The summed E-state index contributed by atoms with van der Waals surface area (Å²) in [7, 11) is 0. The monoisotopic (exact) mass is 418 g/mol. The Morgan fingerprint density at radius 2 is 1.71 bits per heavy atom. The Morgan fingerprint density at radius 3 is 2.45 bits per heavy atom. The van der Waals surface area contributed by atoms with Gasteiger partial charge in [0, 0.05) is 18.8 Å². The van der Waals surface area contributed by atoms with Crippen LogP contribution in [0.3, 0.4) is 0 Å². The van der Waals surface area contributed by atoms with E-state index in [1.165, 1.54) is 10.5 Å². The van der Waals surface area contributed by atoms with Gasteiger partial charge in [-0.15, -0.1) is 0 Å². The van der Waals surface area contributed by atoms with Crippen LogP contribution >= 0.6 is 0 Å². The van der Waals surface area contributed by atoms with E-state index in [0.717, 1.165) is 55.6 Å². The summed E-state index contributed by atoms with van der Waals surface area (Å²) in [6.45, 7) is 5.84. The molecule has 5 nitrogen and oxygen atoms in total. The van der Waals surface area contributed by atoms with Crippen molar-refractivity contribution in [3.63, 3.8) is 0 Å². The summed E-state index contributed by atoms with van der Waals surface area (Å²) in [5, 5.41) is 0. The highest BCUT2D eigenvalue weighted by Crippen LogP contribution is 2.38. The number of hydrogen-bond donors (Lipinski definition) is 0. The van der Waals surface area contributed by atoms with E-state index in [1.807, 2.05) is 43.3 Å². The minimum Gasteiger partial charge on any atom is -0.494 e. The van der Waals surface area contributed by atoms with E-state index in [0.29, 0.717) is 24.4 Å². The lowest BCUT2D eigenvalue weighted by Gasteiger charge is -2.32. The first-order valence-corrected chi connectivity index (χ1v) is 11.3. The molecule has 0 fully saturated rings. The van der Waals surface area contributed by atoms with Gasteiger partial charge >= 0.3 is 0 Å². The van der Waals surface area contributed by atoms with Gasteiger partial charge in [0.1, 0.15) is 11.4 Å². The third kappa shape index (κ3) is 4.09. The number of anilines is 1. The molecule has 4 rings (SSSR count). The van der Waals surface area contributed by atoms with Gasteiger partial charge in [-0.05, 0) is 55.5 Å². The fraction of sp³-hybridized carbons (Fsp3) is 0.385. The number of aryl methyl sites for hydroxylation is 1. The van der Waals surface area contributed by atoms with E-state index < -0.39 is 0 Å². The molecule has 0 atom stereocenters. The fourth-order valence-corrected chi connectivity index (χ4v) is 4.45. The molecule has 2 aromatic rings. The lowest BCUT2D eigenvalue weighted by molar-refractivity contribution is -0.137. The molecule has 2 heterocycles. The van der Waals surface area contributed by atoms with Crippen molar-refractivity contribution in [3.05, 3.63) is 65.4 Å². The first-order chi connectivity index (χ1) is 15.2. The molecule has 2 aliphatic rings. The second-order valence-electron chi connectivity index (χ2n) is 8.03. The van der Waals surface area contributed by atoms with Gasteiger partial charge in [-0.25, -0.2) is 0 Å². The number of para-hydroxylation sites is 1. The maximum Gasteiger partial charge on any atom is 0.278 e. The van der Waals surface area contributed by atoms with Crippen molar-refractivity contribution in [2.75, 3.05) is 24.6 Å². The highest BCUT2D eigenvalue weighted by Gasteiger charge is 2.42. The van der Waals surface area contributed by atoms with Crippen LogP contribution in [-0.2, 0) is 16.0 Å². The van der Waals surface area contributed by atoms with Crippen molar-refractivity contribution in [1.29, 1.82) is 0 Å². The Bertz CT molecular complexity index is 994. The summed E-state index contributed by atoms with van der Waals surface area (Å²) in [6.07, 6.45) is 4.81. The number of unbranched alkanes of at least 4 members (excludes halogenated alkanes) is 2. The maximum absolute atomic E-state index is 13.6. The summed E-state index contributed by atoms with van der Waals surface area (Å²) in [4.78, 5) is 30.5. The van der Waals surface area contributed by atoms with E-state index in [-0.39, 0.29) is 11.8 Å². The van der Waals surface area contributed by atoms with Gasteiger partial charge in [-0.1, -0.05) is 50.1 Å². The Morgan fingerprint density at radius 1 is 0.935 bits per heavy atom. The van der Waals surface area contributed by atoms with Gasteiger partial charge in [-0.2, -0.15) is 0 Å². The molecule has 0 aromatic heterocycles. The second kappa shape index (κ2) is 9.38. The summed E-state index contributed by atoms with van der Waals surface area (Å²) in [5.74, 6) is 0.387. The molecule has 0 unspecified atom stereocenters. The predicted octanol–water partition coefficient (Wildman–Crippen LogP) is 4.81. The van der Waals surface area contributed by atoms with Crippen molar-refractivity contribution >= 4 is 23.1 Å². The number of benzene rings is 2. The molecule has 0 spiro atoms. The van der Waals surface area contributed by atoms with Crippen LogP contribution in [0, 0.1) is 0 Å². The molecule has 2 aliphatic heterocycles. The standard InChI is InChI=1S/C26H30N2O3/c1-3-5-8-17-28-25(29)23(20-13-15-21(16-14-20)31-4-2)24(26(28)30)27-18-9-11-19-10-6-7-12-22(19)27/h6-7,10,12-16H,3-5,8-9,11,17-18H2,1-2H3. The quantitative estimate of drug-likeness (QED) is 0.456. The first kappa shape index (κ1) is 21.2. The first-order valence-electron chi connectivity index (χ1n) is 11.3. The molecule has 5 heteroatoms. The molecule has 2 amide bonds. The SMILES string of the molecule is CCCCCN1C(=O)C(c2ccc(OCC)cc2)=C(N2CCCc3ccccc32)C1=O.